The van der Waals surface area contributed by atoms with E-state index in [1.54, 1.807) is 0 Å². The highest BCUT2D eigenvalue weighted by atomic mass is 16.6. The average molecular weight is 934 g/mol. The van der Waals surface area contributed by atoms with E-state index in [1.165, 1.54) is 225 Å². The molecule has 0 fully saturated rings. The number of esters is 3. The minimum absolute atomic E-state index is 0.0624. The van der Waals surface area contributed by atoms with E-state index in [0.717, 1.165) is 69.6 Å². The molecule has 66 heavy (non-hydrogen) atoms. The Morgan fingerprint density at radius 2 is 0.500 bits per heavy atom. The number of unbranched alkanes of at least 4 members (excludes halogenated alkanes) is 39. The first-order valence-electron chi connectivity index (χ1n) is 29.7. The van der Waals surface area contributed by atoms with Gasteiger partial charge in [-0.3, -0.25) is 14.4 Å². The van der Waals surface area contributed by atoms with Crippen molar-refractivity contribution in [1.29, 1.82) is 0 Å². The normalized spacial score (nSPS) is 12.0. The molecule has 0 amide bonds. The third kappa shape index (κ3) is 53.4. The molecule has 0 unspecified atom stereocenters. The Morgan fingerprint density at radius 3 is 0.742 bits per heavy atom. The molecule has 0 saturated heterocycles. The molecular formula is C60H116O6. The number of carbonyl (C=O) groups is 3. The van der Waals surface area contributed by atoms with Gasteiger partial charge in [-0.05, 0) is 31.1 Å². The first kappa shape index (κ1) is 64.4. The van der Waals surface area contributed by atoms with E-state index in [4.69, 9.17) is 14.2 Å². The zero-order valence-electron chi connectivity index (χ0n) is 45.3. The van der Waals surface area contributed by atoms with Gasteiger partial charge >= 0.3 is 17.9 Å². The molecule has 0 radical (unpaired) electrons. The number of hydrogen-bond acceptors (Lipinski definition) is 6. The lowest BCUT2D eigenvalue weighted by molar-refractivity contribution is -0.167. The second-order valence-corrected chi connectivity index (χ2v) is 21.6. The molecule has 0 saturated carbocycles. The van der Waals surface area contributed by atoms with Crippen LogP contribution in [0.3, 0.4) is 0 Å². The van der Waals surface area contributed by atoms with E-state index in [9.17, 15) is 14.4 Å². The van der Waals surface area contributed by atoms with Gasteiger partial charge in [-0.1, -0.05) is 298 Å². The second kappa shape index (κ2) is 52.8. The number of ether oxygens (including phenoxy) is 3. The van der Waals surface area contributed by atoms with Crippen LogP contribution in [0.15, 0.2) is 0 Å². The van der Waals surface area contributed by atoms with Crippen LogP contribution >= 0.6 is 0 Å². The summed E-state index contributed by atoms with van der Waals surface area (Å²) < 4.78 is 16.9. The smallest absolute Gasteiger partial charge is 0.306 e. The van der Waals surface area contributed by atoms with Gasteiger partial charge in [0.2, 0.25) is 0 Å². The zero-order valence-corrected chi connectivity index (χ0v) is 45.3. The highest BCUT2D eigenvalue weighted by Gasteiger charge is 2.19. The Hall–Kier alpha value is -1.59. The fraction of sp³-hybridized carbons (Fsp3) is 0.950. The largest absolute Gasteiger partial charge is 0.462 e. The van der Waals surface area contributed by atoms with Crippen molar-refractivity contribution in [2.75, 3.05) is 13.2 Å². The summed E-state index contributed by atoms with van der Waals surface area (Å²) in [6.07, 6.45) is 56.6. The van der Waals surface area contributed by atoms with Gasteiger partial charge in [0.1, 0.15) is 13.2 Å². The number of carbonyl (C=O) groups excluding carboxylic acids is 3. The maximum absolute atomic E-state index is 12.9. The maximum atomic E-state index is 12.9. The molecule has 0 aliphatic carbocycles. The highest BCUT2D eigenvalue weighted by Crippen LogP contribution is 2.18. The predicted molar refractivity (Wildman–Crippen MR) is 284 cm³/mol. The van der Waals surface area contributed by atoms with Crippen LogP contribution in [0.1, 0.15) is 336 Å². The quantitative estimate of drug-likeness (QED) is 0.0343. The van der Waals surface area contributed by atoms with Gasteiger partial charge in [0.15, 0.2) is 6.10 Å². The van der Waals surface area contributed by atoms with Gasteiger partial charge < -0.3 is 14.2 Å². The van der Waals surface area contributed by atoms with Crippen LogP contribution in [0.5, 0.6) is 0 Å². The fourth-order valence-corrected chi connectivity index (χ4v) is 9.23. The summed E-state index contributed by atoms with van der Waals surface area (Å²) >= 11 is 0. The van der Waals surface area contributed by atoms with Gasteiger partial charge in [-0.15, -0.1) is 0 Å². The van der Waals surface area contributed by atoms with Gasteiger partial charge in [0.25, 0.3) is 0 Å². The third-order valence-electron chi connectivity index (χ3n) is 13.7. The van der Waals surface area contributed by atoms with Crippen molar-refractivity contribution in [2.24, 2.45) is 11.8 Å². The van der Waals surface area contributed by atoms with Crippen molar-refractivity contribution in [3.8, 4) is 0 Å². The molecule has 392 valence electrons. The van der Waals surface area contributed by atoms with E-state index >= 15 is 0 Å². The molecule has 6 heteroatoms. The molecule has 0 spiro atoms. The summed E-state index contributed by atoms with van der Waals surface area (Å²) in [5.41, 5.74) is 0. The van der Waals surface area contributed by atoms with E-state index in [-0.39, 0.29) is 31.1 Å². The Kier molecular flexibility index (Phi) is 51.5. The van der Waals surface area contributed by atoms with E-state index in [2.05, 4.69) is 34.6 Å². The van der Waals surface area contributed by atoms with Gasteiger partial charge in [-0.2, -0.15) is 0 Å². The molecule has 1 atom stereocenters. The van der Waals surface area contributed by atoms with Crippen LogP contribution in [-0.2, 0) is 28.6 Å². The Labute approximate surface area is 412 Å². The van der Waals surface area contributed by atoms with Crippen molar-refractivity contribution in [3.05, 3.63) is 0 Å². The second-order valence-electron chi connectivity index (χ2n) is 21.6. The van der Waals surface area contributed by atoms with Crippen LogP contribution in [0.25, 0.3) is 0 Å². The maximum Gasteiger partial charge on any atom is 0.306 e. The van der Waals surface area contributed by atoms with Crippen molar-refractivity contribution in [2.45, 2.75) is 343 Å². The van der Waals surface area contributed by atoms with Crippen LogP contribution < -0.4 is 0 Å². The average Bonchev–Trinajstić information content (AvgIpc) is 3.29. The number of hydrogen-bond donors (Lipinski definition) is 0. The minimum Gasteiger partial charge on any atom is -0.462 e. The number of rotatable bonds is 54. The molecule has 0 rings (SSSR count). The molecule has 0 aromatic heterocycles. The third-order valence-corrected chi connectivity index (χ3v) is 13.7. The standard InChI is InChI=1S/C60H116O6/c1-6-7-8-9-10-11-12-13-14-15-20-25-30-35-40-45-50-58(61)64-53-57(66-60(63)52-47-42-37-32-27-22-17-19-24-29-34-39-44-49-56(4)5)54-65-59(62)51-46-41-36-31-26-21-16-18-23-28-33-38-43-48-55(2)3/h55-57H,6-54H2,1-5H3/t57-/m1/s1. The molecule has 0 bridgehead atoms. The SMILES string of the molecule is CCCCCCCCCCCCCCCCCCC(=O)OC[C@H](COC(=O)CCCCCCCCCCCCCCCC(C)C)OC(=O)CCCCCCCCCCCCCCCC(C)C. The van der Waals surface area contributed by atoms with E-state index in [0.29, 0.717) is 19.3 Å². The van der Waals surface area contributed by atoms with Gasteiger partial charge in [0.05, 0.1) is 0 Å². The summed E-state index contributed by atoms with van der Waals surface area (Å²) in [7, 11) is 0. The summed E-state index contributed by atoms with van der Waals surface area (Å²) in [5, 5.41) is 0. The molecule has 0 aromatic rings. The Balaban J connectivity index is 4.30. The van der Waals surface area contributed by atoms with Crippen molar-refractivity contribution < 1.29 is 28.6 Å². The van der Waals surface area contributed by atoms with Crippen LogP contribution in [-0.4, -0.2) is 37.2 Å². The van der Waals surface area contributed by atoms with Crippen molar-refractivity contribution >= 4 is 17.9 Å². The van der Waals surface area contributed by atoms with Crippen molar-refractivity contribution in [3.63, 3.8) is 0 Å². The lowest BCUT2D eigenvalue weighted by Gasteiger charge is -2.18. The minimum atomic E-state index is -0.763. The summed E-state index contributed by atoms with van der Waals surface area (Å²) in [4.78, 5) is 38.2. The molecular weight excluding hydrogens is 817 g/mol. The summed E-state index contributed by atoms with van der Waals surface area (Å²) in [5.74, 6) is 0.841. The lowest BCUT2D eigenvalue weighted by Crippen LogP contribution is -2.30. The molecule has 0 N–H and O–H groups in total. The zero-order chi connectivity index (χ0) is 48.2. The van der Waals surface area contributed by atoms with Gasteiger partial charge in [-0.25, -0.2) is 0 Å². The monoisotopic (exact) mass is 933 g/mol. The van der Waals surface area contributed by atoms with Crippen LogP contribution in [0.2, 0.25) is 0 Å². The Bertz CT molecular complexity index is 1010. The fourth-order valence-electron chi connectivity index (χ4n) is 9.23. The van der Waals surface area contributed by atoms with E-state index in [1.807, 2.05) is 0 Å². The van der Waals surface area contributed by atoms with Gasteiger partial charge in [0, 0.05) is 19.3 Å². The topological polar surface area (TPSA) is 78.9 Å². The molecule has 6 nitrogen and oxygen atoms in total. The molecule has 0 aliphatic heterocycles. The highest BCUT2D eigenvalue weighted by molar-refractivity contribution is 5.71. The van der Waals surface area contributed by atoms with Crippen molar-refractivity contribution in [1.82, 2.24) is 0 Å². The summed E-state index contributed by atoms with van der Waals surface area (Å²) in [6, 6.07) is 0. The van der Waals surface area contributed by atoms with Crippen LogP contribution in [0.4, 0.5) is 0 Å². The first-order valence-corrected chi connectivity index (χ1v) is 29.7. The Morgan fingerprint density at radius 1 is 0.288 bits per heavy atom. The molecule has 0 aromatic carbocycles. The first-order chi connectivity index (χ1) is 32.2. The van der Waals surface area contributed by atoms with E-state index < -0.39 is 6.10 Å². The molecule has 0 aliphatic rings. The lowest BCUT2D eigenvalue weighted by atomic mass is 10.0. The summed E-state index contributed by atoms with van der Waals surface area (Å²) in [6.45, 7) is 11.4. The van der Waals surface area contributed by atoms with Crippen LogP contribution in [0, 0.1) is 11.8 Å². The predicted octanol–water partition coefficient (Wildman–Crippen LogP) is 19.7. The molecule has 0 heterocycles.